The van der Waals surface area contributed by atoms with Gasteiger partial charge in [0.1, 0.15) is 11.7 Å². The molecule has 0 aromatic heterocycles. The first-order valence-corrected chi connectivity index (χ1v) is 9.29. The summed E-state index contributed by atoms with van der Waals surface area (Å²) in [6.45, 7) is 5.09. The van der Waals surface area contributed by atoms with Crippen LogP contribution in [0.25, 0.3) is 0 Å². The molecule has 2 aromatic carbocycles. The first-order chi connectivity index (χ1) is 13.0. The minimum absolute atomic E-state index is 0.102. The minimum atomic E-state index is -0.597. The van der Waals surface area contributed by atoms with Gasteiger partial charge in [-0.2, -0.15) is 0 Å². The molecule has 0 bridgehead atoms. The lowest BCUT2D eigenvalue weighted by Gasteiger charge is -2.21. The van der Waals surface area contributed by atoms with Crippen LogP contribution in [0, 0.1) is 19.8 Å². The molecule has 1 heterocycles. The highest BCUT2D eigenvalue weighted by Crippen LogP contribution is 2.30. The Morgan fingerprint density at radius 3 is 2.44 bits per heavy atom. The molecule has 1 N–H and O–H groups in total. The molecule has 1 saturated heterocycles. The molecule has 0 unspecified atom stereocenters. The quantitative estimate of drug-likeness (QED) is 0.800. The molecule has 5 nitrogen and oxygen atoms in total. The Kier molecular flexibility index (Phi) is 5.79. The highest BCUT2D eigenvalue weighted by Gasteiger charge is 2.38. The van der Waals surface area contributed by atoms with E-state index >= 15 is 0 Å². The van der Waals surface area contributed by atoms with Gasteiger partial charge in [0.15, 0.2) is 0 Å². The van der Waals surface area contributed by atoms with Crippen LogP contribution in [-0.2, 0) is 16.0 Å². The lowest BCUT2D eigenvalue weighted by Crippen LogP contribution is -2.38. The van der Waals surface area contributed by atoms with Gasteiger partial charge in [-0.3, -0.25) is 9.59 Å². The maximum Gasteiger partial charge on any atom is 0.239 e. The second-order valence-electron chi connectivity index (χ2n) is 6.96. The van der Waals surface area contributed by atoms with E-state index < -0.39 is 5.92 Å². The van der Waals surface area contributed by atoms with E-state index in [1.807, 2.05) is 56.3 Å². The van der Waals surface area contributed by atoms with Crippen LogP contribution in [0.5, 0.6) is 5.75 Å². The van der Waals surface area contributed by atoms with Crippen molar-refractivity contribution in [1.29, 1.82) is 0 Å². The molecule has 1 aliphatic rings. The van der Waals surface area contributed by atoms with Crippen LogP contribution in [0.2, 0.25) is 0 Å². The number of aryl methyl sites for hydroxylation is 2. The van der Waals surface area contributed by atoms with Crippen molar-refractivity contribution >= 4 is 17.5 Å². The average Bonchev–Trinajstić information content (AvgIpc) is 3.03. The summed E-state index contributed by atoms with van der Waals surface area (Å²) in [7, 11) is 1.63. The van der Waals surface area contributed by atoms with Crippen LogP contribution >= 0.6 is 0 Å². The van der Waals surface area contributed by atoms with Crippen LogP contribution in [0.1, 0.15) is 23.1 Å². The van der Waals surface area contributed by atoms with Crippen LogP contribution in [-0.4, -0.2) is 32.0 Å². The third kappa shape index (κ3) is 4.13. The number of benzene rings is 2. The molecule has 0 aliphatic carbocycles. The summed E-state index contributed by atoms with van der Waals surface area (Å²) in [5.41, 5.74) is 4.18. The molecular weight excluding hydrogens is 340 g/mol. The van der Waals surface area contributed by atoms with Gasteiger partial charge in [-0.15, -0.1) is 0 Å². The second-order valence-corrected chi connectivity index (χ2v) is 6.96. The van der Waals surface area contributed by atoms with Gasteiger partial charge in [0.05, 0.1) is 7.11 Å². The summed E-state index contributed by atoms with van der Waals surface area (Å²) in [6, 6.07) is 13.7. The molecule has 1 fully saturated rings. The summed E-state index contributed by atoms with van der Waals surface area (Å²) in [6.07, 6.45) is 1.28. The third-order valence-corrected chi connectivity index (χ3v) is 5.10. The third-order valence-electron chi connectivity index (χ3n) is 5.10. The number of ether oxygens (including phenoxy) is 1. The minimum Gasteiger partial charge on any atom is -0.497 e. The second kappa shape index (κ2) is 8.25. The van der Waals surface area contributed by atoms with E-state index in [1.54, 1.807) is 12.0 Å². The Hall–Kier alpha value is -2.82. The molecule has 2 aromatic rings. The van der Waals surface area contributed by atoms with Crippen LogP contribution < -0.4 is 15.0 Å². The fourth-order valence-electron chi connectivity index (χ4n) is 3.62. The van der Waals surface area contributed by atoms with E-state index in [2.05, 4.69) is 5.32 Å². The van der Waals surface area contributed by atoms with E-state index in [1.165, 1.54) is 0 Å². The van der Waals surface area contributed by atoms with Crippen molar-refractivity contribution in [3.63, 3.8) is 0 Å². The maximum atomic E-state index is 12.8. The van der Waals surface area contributed by atoms with Gasteiger partial charge in [-0.1, -0.05) is 30.3 Å². The number of carbonyl (C=O) groups excluding carboxylic acids is 2. The number of amides is 2. The fourth-order valence-corrected chi connectivity index (χ4v) is 3.62. The Morgan fingerprint density at radius 2 is 1.81 bits per heavy atom. The smallest absolute Gasteiger partial charge is 0.239 e. The molecule has 142 valence electrons. The first-order valence-electron chi connectivity index (χ1n) is 9.29. The van der Waals surface area contributed by atoms with Crippen molar-refractivity contribution < 1.29 is 14.3 Å². The van der Waals surface area contributed by atoms with Gasteiger partial charge in [-0.05, 0) is 55.5 Å². The van der Waals surface area contributed by atoms with Gasteiger partial charge in [0.2, 0.25) is 11.8 Å². The fraction of sp³-hybridized carbons (Fsp3) is 0.364. The van der Waals surface area contributed by atoms with E-state index in [0.717, 1.165) is 34.5 Å². The zero-order chi connectivity index (χ0) is 19.4. The molecular formula is C22H26N2O3. The van der Waals surface area contributed by atoms with Crippen molar-refractivity contribution in [2.75, 3.05) is 25.1 Å². The zero-order valence-corrected chi connectivity index (χ0v) is 16.1. The van der Waals surface area contributed by atoms with Crippen molar-refractivity contribution in [1.82, 2.24) is 5.32 Å². The number of methoxy groups -OCH3 is 1. The number of rotatable bonds is 6. The Morgan fingerprint density at radius 1 is 1.15 bits per heavy atom. The van der Waals surface area contributed by atoms with Crippen LogP contribution in [0.4, 0.5) is 5.69 Å². The van der Waals surface area contributed by atoms with E-state index in [9.17, 15) is 9.59 Å². The SMILES string of the molecule is COc1ccc(CCNC(=O)[C@@H]2CCN(c3c(C)cccc3C)C2=O)cc1. The molecule has 0 radical (unpaired) electrons. The van der Waals surface area contributed by atoms with Crippen molar-refractivity contribution in [2.45, 2.75) is 26.7 Å². The first kappa shape index (κ1) is 19.0. The van der Waals surface area contributed by atoms with Gasteiger partial charge < -0.3 is 15.0 Å². The number of nitrogens with zero attached hydrogens (tertiary/aromatic N) is 1. The molecule has 27 heavy (non-hydrogen) atoms. The summed E-state index contributed by atoms with van der Waals surface area (Å²) >= 11 is 0. The van der Waals surface area contributed by atoms with Crippen molar-refractivity contribution in [2.24, 2.45) is 5.92 Å². The lowest BCUT2D eigenvalue weighted by atomic mass is 10.1. The predicted octanol–water partition coefficient (Wildman–Crippen LogP) is 3.02. The largest absolute Gasteiger partial charge is 0.497 e. The Labute approximate surface area is 160 Å². The van der Waals surface area contributed by atoms with Crippen molar-refractivity contribution in [3.8, 4) is 5.75 Å². The van der Waals surface area contributed by atoms with E-state index in [4.69, 9.17) is 4.74 Å². The molecule has 1 atom stereocenters. The number of hydrogen-bond donors (Lipinski definition) is 1. The number of hydrogen-bond acceptors (Lipinski definition) is 3. The monoisotopic (exact) mass is 366 g/mol. The molecule has 1 aliphatic heterocycles. The standard InChI is InChI=1S/C22H26N2O3/c1-15-5-4-6-16(2)20(15)24-14-12-19(22(24)26)21(25)23-13-11-17-7-9-18(27-3)10-8-17/h4-10,19H,11-14H2,1-3H3,(H,23,25)/t19-/m0/s1. The summed E-state index contributed by atoms with van der Waals surface area (Å²) in [5.74, 6) is -0.0672. The Balaban J connectivity index is 1.57. The summed E-state index contributed by atoms with van der Waals surface area (Å²) in [4.78, 5) is 27.1. The average molecular weight is 366 g/mol. The van der Waals surface area contributed by atoms with Gasteiger partial charge in [0.25, 0.3) is 0 Å². The maximum absolute atomic E-state index is 12.8. The molecule has 0 saturated carbocycles. The van der Waals surface area contributed by atoms with Gasteiger partial charge in [-0.25, -0.2) is 0 Å². The summed E-state index contributed by atoms with van der Waals surface area (Å²) < 4.78 is 5.14. The van der Waals surface area contributed by atoms with Crippen LogP contribution in [0.3, 0.4) is 0 Å². The van der Waals surface area contributed by atoms with E-state index in [0.29, 0.717) is 19.5 Å². The lowest BCUT2D eigenvalue weighted by molar-refractivity contribution is -0.132. The van der Waals surface area contributed by atoms with E-state index in [-0.39, 0.29) is 11.8 Å². The molecule has 5 heteroatoms. The number of para-hydroxylation sites is 1. The number of carbonyl (C=O) groups is 2. The molecule has 2 amide bonds. The number of nitrogens with one attached hydrogen (secondary N) is 1. The zero-order valence-electron chi connectivity index (χ0n) is 16.1. The molecule has 3 rings (SSSR count). The highest BCUT2D eigenvalue weighted by atomic mass is 16.5. The van der Waals surface area contributed by atoms with Gasteiger partial charge in [0, 0.05) is 18.8 Å². The topological polar surface area (TPSA) is 58.6 Å². The predicted molar refractivity (Wildman–Crippen MR) is 106 cm³/mol. The number of anilines is 1. The normalized spacial score (nSPS) is 16.5. The van der Waals surface area contributed by atoms with Crippen LogP contribution in [0.15, 0.2) is 42.5 Å². The summed E-state index contributed by atoms with van der Waals surface area (Å²) in [5, 5.41) is 2.92. The highest BCUT2D eigenvalue weighted by molar-refractivity contribution is 6.10. The molecule has 0 spiro atoms. The van der Waals surface area contributed by atoms with Gasteiger partial charge >= 0.3 is 0 Å². The van der Waals surface area contributed by atoms with Crippen molar-refractivity contribution in [3.05, 3.63) is 59.2 Å². The Bertz CT molecular complexity index is 810.